The lowest BCUT2D eigenvalue weighted by molar-refractivity contribution is 0.0746. The van der Waals surface area contributed by atoms with Crippen molar-refractivity contribution in [2.24, 2.45) is 0 Å². The Bertz CT molecular complexity index is 1010. The van der Waals surface area contributed by atoms with E-state index in [1.165, 1.54) is 28.9 Å². The number of anilines is 1. The molecule has 0 bridgehead atoms. The topological polar surface area (TPSA) is 49.3 Å². The van der Waals surface area contributed by atoms with Crippen molar-refractivity contribution in [2.75, 3.05) is 31.1 Å². The molecule has 1 aliphatic rings. The van der Waals surface area contributed by atoms with Gasteiger partial charge in [0.05, 0.1) is 5.56 Å². The Morgan fingerprint density at radius 2 is 1.59 bits per heavy atom. The second-order valence-corrected chi connectivity index (χ2v) is 7.30. The average Bonchev–Trinajstić information content (AvgIpc) is 2.76. The summed E-state index contributed by atoms with van der Waals surface area (Å²) >= 11 is 0. The molecule has 1 aliphatic heterocycles. The summed E-state index contributed by atoms with van der Waals surface area (Å²) in [5, 5.41) is 0. The van der Waals surface area contributed by atoms with Gasteiger partial charge in [0.15, 0.2) is 5.82 Å². The van der Waals surface area contributed by atoms with E-state index in [9.17, 15) is 9.18 Å². The molecule has 4 rings (SSSR count). The van der Waals surface area contributed by atoms with Crippen LogP contribution in [0.25, 0.3) is 11.4 Å². The third-order valence-corrected chi connectivity index (χ3v) is 5.48. The molecule has 0 radical (unpaired) electrons. The molecule has 1 aromatic heterocycles. The molecule has 0 unspecified atom stereocenters. The Labute approximate surface area is 169 Å². The number of hydrogen-bond donors (Lipinski definition) is 0. The van der Waals surface area contributed by atoms with Gasteiger partial charge in [-0.15, -0.1) is 0 Å². The van der Waals surface area contributed by atoms with Crippen LogP contribution >= 0.6 is 0 Å². The van der Waals surface area contributed by atoms with Crippen LogP contribution in [0.1, 0.15) is 21.5 Å². The highest BCUT2D eigenvalue weighted by atomic mass is 19.1. The van der Waals surface area contributed by atoms with Crippen LogP contribution in [-0.4, -0.2) is 47.0 Å². The summed E-state index contributed by atoms with van der Waals surface area (Å²) in [6.45, 7) is 7.17. The Kier molecular flexibility index (Phi) is 5.25. The number of carbonyl (C=O) groups is 1. The third-order valence-electron chi connectivity index (χ3n) is 5.48. The van der Waals surface area contributed by atoms with Crippen LogP contribution in [0.2, 0.25) is 0 Å². The molecule has 1 amide bonds. The normalized spacial score (nSPS) is 14.2. The summed E-state index contributed by atoms with van der Waals surface area (Å²) in [6, 6.07) is 12.3. The maximum Gasteiger partial charge on any atom is 0.257 e. The van der Waals surface area contributed by atoms with Gasteiger partial charge in [-0.2, -0.15) is 0 Å². The molecule has 6 heteroatoms. The molecule has 1 saturated heterocycles. The van der Waals surface area contributed by atoms with E-state index in [1.807, 2.05) is 4.90 Å². The first kappa shape index (κ1) is 19.1. The van der Waals surface area contributed by atoms with Crippen LogP contribution in [0.5, 0.6) is 0 Å². The van der Waals surface area contributed by atoms with Crippen molar-refractivity contribution in [3.8, 4) is 11.4 Å². The van der Waals surface area contributed by atoms with Gasteiger partial charge in [0.25, 0.3) is 5.91 Å². The molecule has 0 aliphatic carbocycles. The van der Waals surface area contributed by atoms with Crippen molar-refractivity contribution < 1.29 is 9.18 Å². The predicted molar refractivity (Wildman–Crippen MR) is 111 cm³/mol. The van der Waals surface area contributed by atoms with E-state index in [1.54, 1.807) is 24.5 Å². The van der Waals surface area contributed by atoms with Crippen molar-refractivity contribution >= 4 is 11.6 Å². The summed E-state index contributed by atoms with van der Waals surface area (Å²) in [4.78, 5) is 25.6. The number of aryl methyl sites for hydroxylation is 1. The van der Waals surface area contributed by atoms with Gasteiger partial charge >= 0.3 is 0 Å². The zero-order valence-electron chi connectivity index (χ0n) is 16.6. The number of rotatable bonds is 3. The van der Waals surface area contributed by atoms with Crippen LogP contribution < -0.4 is 4.90 Å². The Morgan fingerprint density at radius 1 is 0.931 bits per heavy atom. The number of nitrogens with zero attached hydrogens (tertiary/aromatic N) is 4. The minimum Gasteiger partial charge on any atom is -0.368 e. The zero-order valence-corrected chi connectivity index (χ0v) is 16.6. The van der Waals surface area contributed by atoms with Crippen LogP contribution in [0.3, 0.4) is 0 Å². The second kappa shape index (κ2) is 7.99. The van der Waals surface area contributed by atoms with Crippen LogP contribution in [0.4, 0.5) is 10.1 Å². The van der Waals surface area contributed by atoms with Gasteiger partial charge in [0.2, 0.25) is 0 Å². The second-order valence-electron chi connectivity index (χ2n) is 7.30. The lowest BCUT2D eigenvalue weighted by atomic mass is 10.1. The fourth-order valence-electron chi connectivity index (χ4n) is 3.60. The maximum atomic E-state index is 13.1. The quantitative estimate of drug-likeness (QED) is 0.681. The van der Waals surface area contributed by atoms with E-state index in [-0.39, 0.29) is 11.7 Å². The predicted octanol–water partition coefficient (Wildman–Crippen LogP) is 3.86. The van der Waals surface area contributed by atoms with Gasteiger partial charge in [0, 0.05) is 49.8 Å². The Morgan fingerprint density at radius 3 is 2.24 bits per heavy atom. The lowest BCUT2D eigenvalue weighted by Crippen LogP contribution is -2.49. The molecule has 29 heavy (non-hydrogen) atoms. The molecule has 0 spiro atoms. The van der Waals surface area contributed by atoms with E-state index < -0.39 is 0 Å². The number of halogens is 1. The van der Waals surface area contributed by atoms with E-state index in [2.05, 4.69) is 46.9 Å². The fraction of sp³-hybridized carbons (Fsp3) is 0.261. The fourth-order valence-corrected chi connectivity index (χ4v) is 3.60. The SMILES string of the molecule is Cc1cccc(N2CCN(C(=O)c3cnc(-c4ccc(F)cc4)nc3)CC2)c1C. The number of amides is 1. The molecular formula is C23H23FN4O. The van der Waals surface area contributed by atoms with E-state index in [0.29, 0.717) is 30.0 Å². The van der Waals surface area contributed by atoms with Crippen LogP contribution in [0.15, 0.2) is 54.9 Å². The minimum atomic E-state index is -0.305. The van der Waals surface area contributed by atoms with Crippen LogP contribution in [0, 0.1) is 19.7 Å². The van der Waals surface area contributed by atoms with Gasteiger partial charge in [-0.05, 0) is 55.3 Å². The van der Waals surface area contributed by atoms with Gasteiger partial charge in [-0.1, -0.05) is 12.1 Å². The lowest BCUT2D eigenvalue weighted by Gasteiger charge is -2.37. The number of piperazine rings is 1. The van der Waals surface area contributed by atoms with Gasteiger partial charge in [-0.25, -0.2) is 14.4 Å². The molecule has 0 saturated carbocycles. The molecule has 3 aromatic rings. The van der Waals surface area contributed by atoms with Crippen molar-refractivity contribution in [1.82, 2.24) is 14.9 Å². The van der Waals surface area contributed by atoms with Crippen LogP contribution in [-0.2, 0) is 0 Å². The molecule has 0 N–H and O–H groups in total. The van der Waals surface area contributed by atoms with Crippen molar-refractivity contribution in [3.63, 3.8) is 0 Å². The summed E-state index contributed by atoms with van der Waals surface area (Å²) in [6.07, 6.45) is 3.09. The zero-order chi connectivity index (χ0) is 20.4. The Hall–Kier alpha value is -3.28. The highest BCUT2D eigenvalue weighted by molar-refractivity contribution is 5.94. The number of aromatic nitrogens is 2. The van der Waals surface area contributed by atoms with E-state index in [4.69, 9.17) is 0 Å². The smallest absolute Gasteiger partial charge is 0.257 e. The first-order valence-corrected chi connectivity index (χ1v) is 9.71. The summed E-state index contributed by atoms with van der Waals surface area (Å²) in [5.41, 5.74) is 4.99. The first-order chi connectivity index (χ1) is 14.0. The number of hydrogen-bond acceptors (Lipinski definition) is 4. The molecule has 2 aromatic carbocycles. The molecule has 0 atom stereocenters. The molecular weight excluding hydrogens is 367 g/mol. The maximum absolute atomic E-state index is 13.1. The standard InChI is InChI=1S/C23H23FN4O/c1-16-4-3-5-21(17(16)2)27-10-12-28(13-11-27)23(29)19-14-25-22(26-15-19)18-6-8-20(24)9-7-18/h3-9,14-15H,10-13H2,1-2H3. The molecule has 2 heterocycles. The highest BCUT2D eigenvalue weighted by Crippen LogP contribution is 2.24. The van der Waals surface area contributed by atoms with E-state index >= 15 is 0 Å². The first-order valence-electron chi connectivity index (χ1n) is 9.71. The van der Waals surface area contributed by atoms with Gasteiger partial charge in [0.1, 0.15) is 5.82 Å². The summed E-state index contributed by atoms with van der Waals surface area (Å²) in [7, 11) is 0. The van der Waals surface area contributed by atoms with Crippen molar-refractivity contribution in [3.05, 3.63) is 77.4 Å². The molecule has 148 valence electrons. The summed E-state index contributed by atoms with van der Waals surface area (Å²) in [5.74, 6) is 0.109. The van der Waals surface area contributed by atoms with Gasteiger partial charge < -0.3 is 9.80 Å². The van der Waals surface area contributed by atoms with Crippen molar-refractivity contribution in [1.29, 1.82) is 0 Å². The van der Waals surface area contributed by atoms with Gasteiger partial charge in [-0.3, -0.25) is 4.79 Å². The molecule has 1 fully saturated rings. The monoisotopic (exact) mass is 390 g/mol. The average molecular weight is 390 g/mol. The van der Waals surface area contributed by atoms with E-state index in [0.717, 1.165) is 13.1 Å². The minimum absolute atomic E-state index is 0.0590. The summed E-state index contributed by atoms with van der Waals surface area (Å²) < 4.78 is 13.1. The van der Waals surface area contributed by atoms with Crippen molar-refractivity contribution in [2.45, 2.75) is 13.8 Å². The highest BCUT2D eigenvalue weighted by Gasteiger charge is 2.23. The largest absolute Gasteiger partial charge is 0.368 e. The Balaban J connectivity index is 1.42. The number of benzene rings is 2. The molecule has 5 nitrogen and oxygen atoms in total. The third kappa shape index (κ3) is 3.97. The number of carbonyl (C=O) groups excluding carboxylic acids is 1.